The molecule has 0 spiro atoms. The van der Waals surface area contributed by atoms with Gasteiger partial charge in [0.2, 0.25) is 0 Å². The molecule has 0 unspecified atom stereocenters. The predicted molar refractivity (Wildman–Crippen MR) is 124 cm³/mol. The highest BCUT2D eigenvalue weighted by atomic mass is 16.6. The molecule has 6 nitrogen and oxygen atoms in total. The number of fused-ring (bicyclic) bond motifs is 5. The molecule has 1 aromatic carbocycles. The van der Waals surface area contributed by atoms with Gasteiger partial charge in [-0.1, -0.05) is 19.0 Å². The molecule has 4 aliphatic carbocycles. The highest BCUT2D eigenvalue weighted by Crippen LogP contribution is 2.68. The summed E-state index contributed by atoms with van der Waals surface area (Å²) in [5, 5.41) is 26.4. The molecule has 4 saturated carbocycles. The Morgan fingerprint density at radius 2 is 1.75 bits per heavy atom. The van der Waals surface area contributed by atoms with Gasteiger partial charge in [0.25, 0.3) is 5.69 Å². The zero-order chi connectivity index (χ0) is 22.7. The number of benzene rings is 1. The van der Waals surface area contributed by atoms with E-state index in [1.165, 1.54) is 37.8 Å². The molecule has 0 aliphatic heterocycles. The Labute approximate surface area is 190 Å². The third-order valence-corrected chi connectivity index (χ3v) is 10.4. The van der Waals surface area contributed by atoms with Crippen LogP contribution in [0.2, 0.25) is 0 Å². The topological polar surface area (TPSA) is 85.0 Å². The number of hydrogen-bond acceptors (Lipinski definition) is 5. The molecular weight excluding hydrogens is 404 g/mol. The normalized spacial score (nSPS) is 44.4. The SMILES string of the molecule is C[C@]12CC/C(=N\Oc3ccc([N+](=O)[O-])cc3)C[C@@H]1CC[C@@H]1[C@@H]2CC[C@@]2(C)[C@H]1CC[C@]2(C)O. The number of oxime groups is 1. The lowest BCUT2D eigenvalue weighted by Gasteiger charge is -2.61. The second kappa shape index (κ2) is 7.54. The maximum absolute atomic E-state index is 11.1. The van der Waals surface area contributed by atoms with Gasteiger partial charge in [0.15, 0.2) is 5.75 Å². The van der Waals surface area contributed by atoms with Crippen LogP contribution in [0.5, 0.6) is 5.75 Å². The van der Waals surface area contributed by atoms with Crippen LogP contribution in [0.25, 0.3) is 0 Å². The van der Waals surface area contributed by atoms with Crippen molar-refractivity contribution in [3.8, 4) is 5.75 Å². The maximum Gasteiger partial charge on any atom is 0.269 e. The zero-order valence-corrected chi connectivity index (χ0v) is 19.5. The van der Waals surface area contributed by atoms with Crippen LogP contribution in [0.3, 0.4) is 0 Å². The molecule has 6 heteroatoms. The van der Waals surface area contributed by atoms with Gasteiger partial charge in [-0.25, -0.2) is 0 Å². The minimum Gasteiger partial charge on any atom is -0.390 e. The quantitative estimate of drug-likeness (QED) is 0.453. The van der Waals surface area contributed by atoms with E-state index in [4.69, 9.17) is 4.84 Å². The maximum atomic E-state index is 11.1. The van der Waals surface area contributed by atoms with Crippen molar-refractivity contribution in [1.82, 2.24) is 0 Å². The highest BCUT2D eigenvalue weighted by Gasteiger charge is 2.63. The van der Waals surface area contributed by atoms with Crippen LogP contribution in [0.1, 0.15) is 78.6 Å². The van der Waals surface area contributed by atoms with Gasteiger partial charge in [-0.15, -0.1) is 0 Å². The lowest BCUT2D eigenvalue weighted by Crippen LogP contribution is -2.56. The summed E-state index contributed by atoms with van der Waals surface area (Å²) in [6.07, 6.45) is 10.2. The van der Waals surface area contributed by atoms with E-state index in [1.807, 2.05) is 0 Å². The Bertz CT molecular complexity index is 926. The van der Waals surface area contributed by atoms with E-state index >= 15 is 0 Å². The molecule has 0 aromatic heterocycles. The number of nitro groups is 1. The summed E-state index contributed by atoms with van der Waals surface area (Å²) in [4.78, 5) is 16.0. The Kier molecular flexibility index (Phi) is 5.16. The van der Waals surface area contributed by atoms with Gasteiger partial charge in [-0.05, 0) is 111 Å². The van der Waals surface area contributed by atoms with Crippen LogP contribution < -0.4 is 4.84 Å². The molecule has 0 radical (unpaired) electrons. The number of rotatable bonds is 3. The summed E-state index contributed by atoms with van der Waals surface area (Å²) in [5.74, 6) is 3.35. The molecule has 0 bridgehead atoms. The molecule has 32 heavy (non-hydrogen) atoms. The molecule has 4 aliphatic rings. The van der Waals surface area contributed by atoms with E-state index in [1.54, 1.807) is 12.1 Å². The van der Waals surface area contributed by atoms with E-state index in [0.717, 1.165) is 49.7 Å². The molecular formula is C26H36N2O4. The molecule has 1 N–H and O–H groups in total. The first kappa shape index (κ1) is 21.9. The summed E-state index contributed by atoms with van der Waals surface area (Å²) in [5.41, 5.74) is 1.10. The molecule has 174 valence electrons. The van der Waals surface area contributed by atoms with Gasteiger partial charge in [-0.2, -0.15) is 0 Å². The smallest absolute Gasteiger partial charge is 0.269 e. The van der Waals surface area contributed by atoms with E-state index in [9.17, 15) is 15.2 Å². The fourth-order valence-corrected chi connectivity index (χ4v) is 8.13. The fourth-order valence-electron chi connectivity index (χ4n) is 8.13. The van der Waals surface area contributed by atoms with Gasteiger partial charge in [0, 0.05) is 12.1 Å². The molecule has 5 rings (SSSR count). The zero-order valence-electron chi connectivity index (χ0n) is 19.5. The third-order valence-electron chi connectivity index (χ3n) is 10.4. The van der Waals surface area contributed by atoms with Crippen LogP contribution in [-0.2, 0) is 0 Å². The largest absolute Gasteiger partial charge is 0.390 e. The summed E-state index contributed by atoms with van der Waals surface area (Å²) in [6.45, 7) is 6.96. The molecule has 0 heterocycles. The van der Waals surface area contributed by atoms with Crippen molar-refractivity contribution in [3.63, 3.8) is 0 Å². The fraction of sp³-hybridized carbons (Fsp3) is 0.731. The van der Waals surface area contributed by atoms with E-state index < -0.39 is 10.5 Å². The first-order valence-electron chi connectivity index (χ1n) is 12.3. The van der Waals surface area contributed by atoms with Crippen LogP contribution in [0.15, 0.2) is 29.4 Å². The Hall–Kier alpha value is -1.95. The third kappa shape index (κ3) is 3.28. The molecule has 0 amide bonds. The average Bonchev–Trinajstić information content (AvgIpc) is 3.01. The van der Waals surface area contributed by atoms with Crippen molar-refractivity contribution in [2.45, 2.75) is 84.2 Å². The summed E-state index contributed by atoms with van der Waals surface area (Å²) in [6, 6.07) is 6.11. The van der Waals surface area contributed by atoms with Crippen LogP contribution in [0.4, 0.5) is 5.69 Å². The molecule has 1 aromatic rings. The minimum atomic E-state index is -0.512. The highest BCUT2D eigenvalue weighted by molar-refractivity contribution is 5.85. The first-order valence-corrected chi connectivity index (χ1v) is 12.3. The lowest BCUT2D eigenvalue weighted by atomic mass is 9.44. The van der Waals surface area contributed by atoms with Crippen molar-refractivity contribution in [2.75, 3.05) is 0 Å². The van der Waals surface area contributed by atoms with Crippen molar-refractivity contribution in [1.29, 1.82) is 0 Å². The Balaban J connectivity index is 1.28. The Morgan fingerprint density at radius 1 is 1.03 bits per heavy atom. The van der Waals surface area contributed by atoms with Crippen LogP contribution in [0, 0.1) is 44.6 Å². The van der Waals surface area contributed by atoms with Crippen LogP contribution in [-0.4, -0.2) is 21.3 Å². The van der Waals surface area contributed by atoms with Crippen molar-refractivity contribution >= 4 is 11.4 Å². The molecule has 4 fully saturated rings. The number of nitrogens with zero attached hydrogens (tertiary/aromatic N) is 2. The number of non-ortho nitro benzene ring substituents is 1. The van der Waals surface area contributed by atoms with Crippen LogP contribution >= 0.6 is 0 Å². The summed E-state index contributed by atoms with van der Waals surface area (Å²) in [7, 11) is 0. The second-order valence-electron chi connectivity index (χ2n) is 11.6. The summed E-state index contributed by atoms with van der Waals surface area (Å²) < 4.78 is 0. The average molecular weight is 441 g/mol. The van der Waals surface area contributed by atoms with Crippen molar-refractivity contribution < 1.29 is 14.9 Å². The van der Waals surface area contributed by atoms with Gasteiger partial charge in [0.05, 0.1) is 16.2 Å². The molecule has 0 saturated heterocycles. The lowest BCUT2D eigenvalue weighted by molar-refractivity contribution is -0.384. The van der Waals surface area contributed by atoms with Gasteiger partial charge in [0.1, 0.15) is 0 Å². The van der Waals surface area contributed by atoms with Gasteiger partial charge < -0.3 is 9.94 Å². The van der Waals surface area contributed by atoms with Crippen molar-refractivity contribution in [2.24, 2.45) is 39.7 Å². The number of aliphatic hydroxyl groups is 1. The van der Waals surface area contributed by atoms with E-state index in [2.05, 4.69) is 25.9 Å². The van der Waals surface area contributed by atoms with Gasteiger partial charge in [-0.3, -0.25) is 10.1 Å². The Morgan fingerprint density at radius 3 is 2.47 bits per heavy atom. The van der Waals surface area contributed by atoms with E-state index in [0.29, 0.717) is 23.0 Å². The van der Waals surface area contributed by atoms with E-state index in [-0.39, 0.29) is 11.1 Å². The molecule has 7 atom stereocenters. The number of hydrogen-bond donors (Lipinski definition) is 1. The summed E-state index contributed by atoms with van der Waals surface area (Å²) >= 11 is 0. The number of nitro benzene ring substituents is 1. The minimum absolute atomic E-state index is 0.0579. The standard InChI is InChI=1S/C26H36N2O4/c1-24-13-10-18(27-32-20-7-5-19(6-8-20)28(30)31)16-17(24)4-9-21-22(24)11-14-25(2)23(21)12-15-26(25,3)29/h5-8,17,21-23,29H,4,9-16H2,1-3H3/b27-18+/t17-,21+,22-,23-,24-,25-,26-/m0/s1. The monoisotopic (exact) mass is 440 g/mol. The van der Waals surface area contributed by atoms with Crippen molar-refractivity contribution in [3.05, 3.63) is 34.4 Å². The predicted octanol–water partition coefficient (Wildman–Crippen LogP) is 6.12. The first-order chi connectivity index (χ1) is 15.1. The second-order valence-corrected chi connectivity index (χ2v) is 11.6. The van der Waals surface area contributed by atoms with Gasteiger partial charge >= 0.3 is 0 Å².